The van der Waals surface area contributed by atoms with Crippen LogP contribution < -0.4 is 0 Å². The van der Waals surface area contributed by atoms with Crippen LogP contribution in [0.15, 0.2) is 18.2 Å². The first-order chi connectivity index (χ1) is 24.7. The van der Waals surface area contributed by atoms with Crippen LogP contribution in [0, 0.1) is 34.5 Å². The van der Waals surface area contributed by atoms with Crippen molar-refractivity contribution in [3.63, 3.8) is 0 Å². The smallest absolute Gasteiger partial charge is 0.460 e. The molecule has 3 saturated carbocycles. The maximum Gasteiger partial charge on any atom is 0.460 e. The summed E-state index contributed by atoms with van der Waals surface area (Å²) in [6.45, 7) is 2.35. The van der Waals surface area contributed by atoms with Crippen LogP contribution in [0.4, 0.5) is 39.5 Å². The third kappa shape index (κ3) is 7.54. The second kappa shape index (κ2) is 15.4. The number of carbonyl (C=O) groups is 1. The molecule has 5 unspecified atom stereocenters. The number of unbranched alkanes of at least 4 members (excludes halogenated alkanes) is 6. The number of fused-ring (bicyclic) bond motifs is 6. The Balaban J connectivity index is 1.07. The Bertz CT molecular complexity index is 1430. The van der Waals surface area contributed by atoms with Gasteiger partial charge in [0.1, 0.15) is 5.75 Å². The van der Waals surface area contributed by atoms with Crippen molar-refractivity contribution < 1.29 is 64.4 Å². The molecule has 4 aliphatic rings. The molecule has 0 saturated heterocycles. The fourth-order valence-corrected chi connectivity index (χ4v) is 10.7. The molecule has 0 radical (unpaired) electrons. The Kier molecular flexibility index (Phi) is 12.2. The summed E-state index contributed by atoms with van der Waals surface area (Å²) >= 11 is 0. The van der Waals surface area contributed by atoms with Crippen LogP contribution in [-0.2, 0) is 9.53 Å². The number of aromatic hydroxyl groups is 1. The zero-order valence-electron chi connectivity index (χ0n) is 30.4. The molecule has 1 aromatic rings. The van der Waals surface area contributed by atoms with Gasteiger partial charge in [-0.3, -0.25) is 4.79 Å². The molecular formula is C39H53F9O5. The van der Waals surface area contributed by atoms with Crippen molar-refractivity contribution in [3.8, 4) is 5.75 Å². The highest BCUT2D eigenvalue weighted by Crippen LogP contribution is 2.76. The zero-order chi connectivity index (χ0) is 39.2. The van der Waals surface area contributed by atoms with E-state index < -0.39 is 61.2 Å². The Labute approximate surface area is 305 Å². The van der Waals surface area contributed by atoms with Crippen LogP contribution in [0.25, 0.3) is 0 Å². The number of phenolic OH excluding ortho intramolecular Hbond substituents is 1. The van der Waals surface area contributed by atoms with Crippen LogP contribution in [-0.4, -0.2) is 58.4 Å². The molecule has 8 atom stereocenters. The van der Waals surface area contributed by atoms with Crippen molar-refractivity contribution in [1.29, 1.82) is 0 Å². The van der Waals surface area contributed by atoms with Crippen LogP contribution in [0.1, 0.15) is 139 Å². The van der Waals surface area contributed by atoms with Gasteiger partial charge in [-0.05, 0) is 110 Å². The van der Waals surface area contributed by atoms with Crippen molar-refractivity contribution in [2.75, 3.05) is 7.11 Å². The van der Waals surface area contributed by atoms with Gasteiger partial charge in [-0.25, -0.2) is 0 Å². The molecule has 1 aromatic carbocycles. The van der Waals surface area contributed by atoms with Crippen LogP contribution in [0.5, 0.6) is 5.75 Å². The van der Waals surface area contributed by atoms with E-state index in [1.807, 2.05) is 6.07 Å². The van der Waals surface area contributed by atoms with E-state index in [0.717, 1.165) is 88.9 Å². The highest BCUT2D eigenvalue weighted by atomic mass is 19.4. The van der Waals surface area contributed by atoms with Gasteiger partial charge in [-0.1, -0.05) is 57.9 Å². The molecular weight excluding hydrogens is 719 g/mol. The van der Waals surface area contributed by atoms with E-state index in [-0.39, 0.29) is 46.9 Å². The SMILES string of the molecule is COC(=O)C(CCCCCCCCCC1C2C(CC[C@@]3(C)C2C[C@@H](O)C32CC2)c2ccc(O)cc2[C@H]1O)CCCC(F)(F)C(F)(F)C(F)(F)C(F)(F)F. The summed E-state index contributed by atoms with van der Waals surface area (Å²) in [4.78, 5) is 12.2. The molecule has 1 spiro atoms. The molecule has 53 heavy (non-hydrogen) atoms. The number of carbonyl (C=O) groups excluding carboxylic acids is 1. The predicted octanol–water partition coefficient (Wildman–Crippen LogP) is 10.7. The van der Waals surface area contributed by atoms with Gasteiger partial charge >= 0.3 is 29.9 Å². The highest BCUT2D eigenvalue weighted by molar-refractivity contribution is 5.72. The summed E-state index contributed by atoms with van der Waals surface area (Å²) in [5.41, 5.74) is 1.96. The van der Waals surface area contributed by atoms with Gasteiger partial charge < -0.3 is 20.1 Å². The molecule has 302 valence electrons. The number of halogens is 9. The minimum absolute atomic E-state index is 0.00239. The number of rotatable bonds is 17. The molecule has 0 aliphatic heterocycles. The van der Waals surface area contributed by atoms with Gasteiger partial charge in [-0.15, -0.1) is 0 Å². The number of methoxy groups -OCH3 is 1. The lowest BCUT2D eigenvalue weighted by Crippen LogP contribution is -2.60. The molecule has 0 aromatic heterocycles. The molecule has 0 heterocycles. The Morgan fingerprint density at radius 1 is 0.849 bits per heavy atom. The first-order valence-electron chi connectivity index (χ1n) is 19.1. The fraction of sp³-hybridized carbons (Fsp3) is 0.821. The van der Waals surface area contributed by atoms with Gasteiger partial charge in [0.25, 0.3) is 0 Å². The number of ether oxygens (including phenoxy) is 1. The largest absolute Gasteiger partial charge is 0.508 e. The van der Waals surface area contributed by atoms with E-state index in [2.05, 4.69) is 11.7 Å². The molecule has 5 nitrogen and oxygen atoms in total. The molecule has 3 fully saturated rings. The van der Waals surface area contributed by atoms with Gasteiger partial charge in [0, 0.05) is 11.8 Å². The predicted molar refractivity (Wildman–Crippen MR) is 178 cm³/mol. The molecule has 0 amide bonds. The van der Waals surface area contributed by atoms with E-state index in [1.54, 1.807) is 12.1 Å². The summed E-state index contributed by atoms with van der Waals surface area (Å²) in [6, 6.07) is 5.35. The number of benzene rings is 1. The number of phenols is 1. The number of aliphatic hydroxyl groups is 2. The number of alkyl halides is 9. The van der Waals surface area contributed by atoms with E-state index in [9.17, 15) is 59.6 Å². The van der Waals surface area contributed by atoms with Crippen LogP contribution in [0.3, 0.4) is 0 Å². The van der Waals surface area contributed by atoms with Gasteiger partial charge in [-0.2, -0.15) is 39.5 Å². The summed E-state index contributed by atoms with van der Waals surface area (Å²) in [5.74, 6) is -20.1. The first kappa shape index (κ1) is 41.9. The van der Waals surface area contributed by atoms with Crippen LogP contribution >= 0.6 is 0 Å². The molecule has 5 rings (SSSR count). The zero-order valence-corrected chi connectivity index (χ0v) is 30.4. The average Bonchev–Trinajstić information content (AvgIpc) is 3.87. The van der Waals surface area contributed by atoms with Crippen LogP contribution in [0.2, 0.25) is 0 Å². The minimum Gasteiger partial charge on any atom is -0.508 e. The Morgan fingerprint density at radius 3 is 2.06 bits per heavy atom. The van der Waals surface area contributed by atoms with Crippen molar-refractivity contribution in [3.05, 3.63) is 29.3 Å². The lowest BCUT2D eigenvalue weighted by molar-refractivity contribution is -0.396. The third-order valence-corrected chi connectivity index (χ3v) is 13.8. The summed E-state index contributed by atoms with van der Waals surface area (Å²) in [6.07, 6.45) is 0.181. The normalized spacial score (nSPS) is 30.1. The molecule has 14 heteroatoms. The first-order valence-corrected chi connectivity index (χ1v) is 19.1. The van der Waals surface area contributed by atoms with Gasteiger partial charge in [0.2, 0.25) is 0 Å². The molecule has 4 aliphatic carbocycles. The van der Waals surface area contributed by atoms with Crippen molar-refractivity contribution in [1.82, 2.24) is 0 Å². The number of aliphatic hydroxyl groups excluding tert-OH is 2. The number of esters is 1. The van der Waals surface area contributed by atoms with Crippen molar-refractivity contribution in [2.45, 2.75) is 158 Å². The maximum absolute atomic E-state index is 13.9. The van der Waals surface area contributed by atoms with E-state index in [0.29, 0.717) is 18.8 Å². The minimum atomic E-state index is -6.93. The number of hydrogen-bond acceptors (Lipinski definition) is 5. The van der Waals surface area contributed by atoms with E-state index in [1.165, 1.54) is 0 Å². The van der Waals surface area contributed by atoms with E-state index >= 15 is 0 Å². The third-order valence-electron chi connectivity index (χ3n) is 13.8. The molecule has 3 N–H and O–H groups in total. The number of hydrogen-bond donors (Lipinski definition) is 3. The highest BCUT2D eigenvalue weighted by Gasteiger charge is 2.81. The topological polar surface area (TPSA) is 87.0 Å². The Hall–Kier alpha value is -2.22. The van der Waals surface area contributed by atoms with Gasteiger partial charge in [0.05, 0.1) is 25.2 Å². The quantitative estimate of drug-likeness (QED) is 0.0834. The monoisotopic (exact) mass is 772 g/mol. The Morgan fingerprint density at radius 2 is 1.45 bits per heavy atom. The lowest BCUT2D eigenvalue weighted by Gasteiger charge is -2.55. The maximum atomic E-state index is 13.9. The lowest BCUT2D eigenvalue weighted by atomic mass is 9.50. The summed E-state index contributed by atoms with van der Waals surface area (Å²) in [5, 5.41) is 33.2. The fourth-order valence-electron chi connectivity index (χ4n) is 10.7. The van der Waals surface area contributed by atoms with E-state index in [4.69, 9.17) is 0 Å². The second-order valence-corrected chi connectivity index (χ2v) is 16.6. The molecule has 0 bridgehead atoms. The average molecular weight is 773 g/mol. The van der Waals surface area contributed by atoms with Crippen molar-refractivity contribution in [2.24, 2.45) is 34.5 Å². The van der Waals surface area contributed by atoms with Crippen molar-refractivity contribution >= 4 is 5.97 Å². The summed E-state index contributed by atoms with van der Waals surface area (Å²) < 4.78 is 123. The summed E-state index contributed by atoms with van der Waals surface area (Å²) in [7, 11) is 1.05. The second-order valence-electron chi connectivity index (χ2n) is 16.6. The standard InChI is InChI=1S/C39H53F9O5/c1-34-18-16-26-25-15-14-24(49)21-28(25)32(51)27(31(26)29(34)22-30(50)35(34)19-20-35)13-9-7-5-3-4-6-8-11-23(33(52)53-2)12-10-17-36(40,41)37(42,43)38(44,45)39(46,47)48/h14-15,21,23,26-27,29-32,49-51H,3-13,16-20,22H2,1-2H3/t23?,26?,27?,29?,30-,31?,32+,34+/m1/s1. The van der Waals surface area contributed by atoms with Gasteiger partial charge in [0.15, 0.2) is 0 Å².